The lowest BCUT2D eigenvalue weighted by Crippen LogP contribution is -2.24. The summed E-state index contributed by atoms with van der Waals surface area (Å²) in [6.07, 6.45) is 0.645. The Morgan fingerprint density at radius 1 is 1.08 bits per heavy atom. The van der Waals surface area contributed by atoms with Crippen LogP contribution >= 0.6 is 0 Å². The molecule has 1 unspecified atom stereocenters. The van der Waals surface area contributed by atoms with Gasteiger partial charge in [-0.25, -0.2) is 0 Å². The fourth-order valence-electron chi connectivity index (χ4n) is 1.07. The Hall–Kier alpha value is -0.440. The zero-order valence-corrected chi connectivity index (χ0v) is 9.63. The number of hydrogen-bond donors (Lipinski definition) is 1. The normalized spacial score (nSPS) is 18.2. The maximum atomic E-state index is 9.79. The average molecular weight is 186 g/mol. The molecule has 0 saturated carbocycles. The van der Waals surface area contributed by atoms with Gasteiger partial charge < -0.3 is 5.11 Å². The maximum Gasteiger partial charge on any atom is 0.173 e. The van der Waals surface area contributed by atoms with Gasteiger partial charge in [-0.05, 0) is 33.6 Å². The molecule has 13 heavy (non-hydrogen) atoms. The molecule has 0 heterocycles. The molecule has 0 rings (SSSR count). The quantitative estimate of drug-likeness (QED) is 0.676. The average Bonchev–Trinajstić information content (AvgIpc) is 1.79. The fourth-order valence-corrected chi connectivity index (χ4v) is 1.07. The Morgan fingerprint density at radius 2 is 1.54 bits per heavy atom. The topological polar surface area (TPSA) is 45.0 Å². The summed E-state index contributed by atoms with van der Waals surface area (Å²) >= 11 is 0. The molecule has 0 aromatic heterocycles. The SMILES string of the molecule is CC(C)CC(C)(O)/N=N/C(C)(C)C. The highest BCUT2D eigenvalue weighted by molar-refractivity contribution is 4.73. The third kappa shape index (κ3) is 7.91. The first-order valence-electron chi connectivity index (χ1n) is 4.79. The van der Waals surface area contributed by atoms with Crippen molar-refractivity contribution in [2.24, 2.45) is 16.1 Å². The van der Waals surface area contributed by atoms with Crippen LogP contribution in [0.3, 0.4) is 0 Å². The molecule has 3 heteroatoms. The second-order valence-electron chi connectivity index (χ2n) is 5.19. The van der Waals surface area contributed by atoms with Gasteiger partial charge in [0, 0.05) is 6.42 Å². The van der Waals surface area contributed by atoms with E-state index in [-0.39, 0.29) is 5.54 Å². The minimum atomic E-state index is -1.01. The third-order valence-electron chi connectivity index (χ3n) is 1.36. The summed E-state index contributed by atoms with van der Waals surface area (Å²) in [5.74, 6) is 0.425. The zero-order chi connectivity index (χ0) is 10.7. The summed E-state index contributed by atoms with van der Waals surface area (Å²) in [5, 5.41) is 17.8. The first-order valence-corrected chi connectivity index (χ1v) is 4.79. The van der Waals surface area contributed by atoms with Crippen molar-refractivity contribution in [1.82, 2.24) is 0 Å². The molecule has 0 aromatic rings. The molecule has 0 bridgehead atoms. The standard InChI is InChI=1S/C10H22N2O/c1-8(2)7-10(6,13)12-11-9(3,4)5/h8,13H,7H2,1-6H3/b12-11+. The first-order chi connectivity index (χ1) is 5.62. The third-order valence-corrected chi connectivity index (χ3v) is 1.36. The summed E-state index contributed by atoms with van der Waals surface area (Å²) in [6, 6.07) is 0. The molecule has 0 aliphatic heterocycles. The van der Waals surface area contributed by atoms with Gasteiger partial charge in [-0.3, -0.25) is 0 Å². The molecule has 0 aliphatic carbocycles. The Labute approximate surface area is 81.3 Å². The molecule has 0 amide bonds. The van der Waals surface area contributed by atoms with E-state index in [9.17, 15) is 5.11 Å². The van der Waals surface area contributed by atoms with Crippen LogP contribution in [0.1, 0.15) is 48.0 Å². The van der Waals surface area contributed by atoms with Gasteiger partial charge in [-0.1, -0.05) is 13.8 Å². The van der Waals surface area contributed by atoms with E-state index in [1.54, 1.807) is 6.92 Å². The van der Waals surface area contributed by atoms with E-state index >= 15 is 0 Å². The van der Waals surface area contributed by atoms with E-state index in [2.05, 4.69) is 24.1 Å². The van der Waals surface area contributed by atoms with Crippen molar-refractivity contribution in [2.75, 3.05) is 0 Å². The molecule has 1 atom stereocenters. The molecule has 3 nitrogen and oxygen atoms in total. The van der Waals surface area contributed by atoms with Gasteiger partial charge in [0.05, 0.1) is 5.54 Å². The van der Waals surface area contributed by atoms with Crippen molar-refractivity contribution in [2.45, 2.75) is 59.2 Å². The lowest BCUT2D eigenvalue weighted by Gasteiger charge is -2.21. The highest BCUT2D eigenvalue weighted by Gasteiger charge is 2.21. The van der Waals surface area contributed by atoms with E-state index in [1.807, 2.05) is 20.8 Å². The molecule has 0 aromatic carbocycles. The van der Waals surface area contributed by atoms with Crippen molar-refractivity contribution < 1.29 is 5.11 Å². The Bertz CT molecular complexity index is 178. The van der Waals surface area contributed by atoms with Crippen LogP contribution in [0.5, 0.6) is 0 Å². The van der Waals surface area contributed by atoms with Crippen LogP contribution in [0.25, 0.3) is 0 Å². The number of rotatable bonds is 3. The van der Waals surface area contributed by atoms with Crippen LogP contribution in [0.4, 0.5) is 0 Å². The fraction of sp³-hybridized carbons (Fsp3) is 1.00. The van der Waals surface area contributed by atoms with Crippen LogP contribution in [-0.4, -0.2) is 16.4 Å². The molecular formula is C10H22N2O. The summed E-state index contributed by atoms with van der Waals surface area (Å²) in [6.45, 7) is 11.7. The van der Waals surface area contributed by atoms with E-state index in [4.69, 9.17) is 0 Å². The van der Waals surface area contributed by atoms with E-state index in [0.717, 1.165) is 0 Å². The molecule has 0 radical (unpaired) electrons. The van der Waals surface area contributed by atoms with Crippen LogP contribution in [0.2, 0.25) is 0 Å². The molecule has 0 aliphatic rings. The lowest BCUT2D eigenvalue weighted by atomic mass is 10.0. The predicted octanol–water partition coefficient (Wildman–Crippen LogP) is 2.99. The van der Waals surface area contributed by atoms with Crippen molar-refractivity contribution in [3.8, 4) is 0 Å². The van der Waals surface area contributed by atoms with Crippen LogP contribution in [0.15, 0.2) is 10.2 Å². The van der Waals surface area contributed by atoms with Gasteiger partial charge in [0.1, 0.15) is 0 Å². The van der Waals surface area contributed by atoms with Crippen molar-refractivity contribution in [3.05, 3.63) is 0 Å². The van der Waals surface area contributed by atoms with E-state index < -0.39 is 5.72 Å². The summed E-state index contributed by atoms with van der Waals surface area (Å²) in [4.78, 5) is 0. The number of aliphatic hydroxyl groups is 1. The Morgan fingerprint density at radius 3 is 1.85 bits per heavy atom. The number of hydrogen-bond acceptors (Lipinski definition) is 3. The van der Waals surface area contributed by atoms with Crippen LogP contribution < -0.4 is 0 Å². The largest absolute Gasteiger partial charge is 0.368 e. The van der Waals surface area contributed by atoms with E-state index in [1.165, 1.54) is 0 Å². The summed E-state index contributed by atoms with van der Waals surface area (Å²) < 4.78 is 0. The number of nitrogens with zero attached hydrogens (tertiary/aromatic N) is 2. The molecule has 1 N–H and O–H groups in total. The maximum absolute atomic E-state index is 9.79. The first kappa shape index (κ1) is 12.6. The highest BCUT2D eigenvalue weighted by Crippen LogP contribution is 2.20. The lowest BCUT2D eigenvalue weighted by molar-refractivity contribution is 0.0373. The highest BCUT2D eigenvalue weighted by atomic mass is 16.3. The van der Waals surface area contributed by atoms with Crippen molar-refractivity contribution >= 4 is 0 Å². The molecular weight excluding hydrogens is 164 g/mol. The van der Waals surface area contributed by atoms with E-state index in [0.29, 0.717) is 12.3 Å². The Balaban J connectivity index is 4.24. The molecule has 0 fully saturated rings. The molecule has 78 valence electrons. The van der Waals surface area contributed by atoms with Gasteiger partial charge in [0.25, 0.3) is 0 Å². The van der Waals surface area contributed by atoms with Crippen molar-refractivity contribution in [1.29, 1.82) is 0 Å². The second kappa shape index (κ2) is 4.18. The summed E-state index contributed by atoms with van der Waals surface area (Å²) in [7, 11) is 0. The van der Waals surface area contributed by atoms with Gasteiger partial charge in [0.15, 0.2) is 5.72 Å². The molecule has 0 spiro atoms. The van der Waals surface area contributed by atoms with Crippen molar-refractivity contribution in [3.63, 3.8) is 0 Å². The monoisotopic (exact) mass is 186 g/mol. The minimum absolute atomic E-state index is 0.207. The van der Waals surface area contributed by atoms with Gasteiger partial charge >= 0.3 is 0 Å². The smallest absolute Gasteiger partial charge is 0.173 e. The zero-order valence-electron chi connectivity index (χ0n) is 9.63. The Kier molecular flexibility index (Phi) is 4.04. The van der Waals surface area contributed by atoms with Crippen LogP contribution in [0, 0.1) is 5.92 Å². The second-order valence-corrected chi connectivity index (χ2v) is 5.19. The number of azo groups is 1. The predicted molar refractivity (Wildman–Crippen MR) is 54.7 cm³/mol. The molecule has 0 saturated heterocycles. The van der Waals surface area contributed by atoms with Gasteiger partial charge in [0.2, 0.25) is 0 Å². The van der Waals surface area contributed by atoms with Crippen LogP contribution in [-0.2, 0) is 0 Å². The summed E-state index contributed by atoms with van der Waals surface area (Å²) in [5.41, 5.74) is -1.22. The van der Waals surface area contributed by atoms with Gasteiger partial charge in [-0.15, -0.1) is 0 Å². The minimum Gasteiger partial charge on any atom is -0.368 e. The van der Waals surface area contributed by atoms with Gasteiger partial charge in [-0.2, -0.15) is 10.2 Å².